The second-order valence-corrected chi connectivity index (χ2v) is 2.57. The van der Waals surface area contributed by atoms with Gasteiger partial charge in [0.15, 0.2) is 0 Å². The van der Waals surface area contributed by atoms with Gasteiger partial charge in [-0.15, -0.1) is 0 Å². The Balaban J connectivity index is 0.000000921. The number of amides is 2. The topological polar surface area (TPSA) is 112 Å². The Morgan fingerprint density at radius 2 is 1.27 bits per heavy atom. The van der Waals surface area contributed by atoms with Gasteiger partial charge in [-0.2, -0.15) is 0 Å². The predicted octanol–water partition coefficient (Wildman–Crippen LogP) is 0.493. The zero-order chi connectivity index (χ0) is 12.0. The Kier molecular flexibility index (Phi) is 4.87. The molecule has 1 rings (SSSR count). The van der Waals surface area contributed by atoms with Crippen LogP contribution in [0.4, 0.5) is 5.69 Å². The first-order chi connectivity index (χ1) is 7.00. The summed E-state index contributed by atoms with van der Waals surface area (Å²) in [5.74, 6) is -1.29. The summed E-state index contributed by atoms with van der Waals surface area (Å²) in [6, 6.07) is 4.07. The Morgan fingerprint density at radius 3 is 1.53 bits per heavy atom. The highest BCUT2D eigenvalue weighted by Gasteiger charge is 2.06. The second-order valence-electron chi connectivity index (χ2n) is 2.57. The molecular weight excluding hydrogens is 194 g/mol. The van der Waals surface area contributed by atoms with Crippen LogP contribution >= 0.6 is 0 Å². The van der Waals surface area contributed by atoms with Crippen LogP contribution in [0.15, 0.2) is 18.2 Å². The smallest absolute Gasteiger partial charge is 0.248 e. The van der Waals surface area contributed by atoms with Crippen molar-refractivity contribution in [2.45, 2.75) is 13.8 Å². The van der Waals surface area contributed by atoms with Crippen LogP contribution in [0.1, 0.15) is 34.6 Å². The van der Waals surface area contributed by atoms with Crippen molar-refractivity contribution in [3.63, 3.8) is 0 Å². The van der Waals surface area contributed by atoms with E-state index >= 15 is 0 Å². The number of nitrogen functional groups attached to an aromatic ring is 1. The van der Waals surface area contributed by atoms with Crippen molar-refractivity contribution in [3.05, 3.63) is 29.3 Å². The number of anilines is 1. The van der Waals surface area contributed by atoms with Crippen molar-refractivity contribution in [2.24, 2.45) is 11.5 Å². The molecule has 0 aliphatic heterocycles. The molecule has 0 bridgehead atoms. The number of rotatable bonds is 2. The SMILES string of the molecule is CC.NC(=O)c1cc(N)cc(C(N)=O)c1. The molecule has 6 N–H and O–H groups in total. The van der Waals surface area contributed by atoms with Crippen LogP contribution < -0.4 is 17.2 Å². The maximum absolute atomic E-state index is 10.7. The van der Waals surface area contributed by atoms with Gasteiger partial charge in [-0.1, -0.05) is 13.8 Å². The van der Waals surface area contributed by atoms with Crippen molar-refractivity contribution >= 4 is 17.5 Å². The van der Waals surface area contributed by atoms with Gasteiger partial charge in [0.05, 0.1) is 0 Å². The Morgan fingerprint density at radius 1 is 0.933 bits per heavy atom. The molecule has 0 heterocycles. The van der Waals surface area contributed by atoms with Crippen molar-refractivity contribution in [3.8, 4) is 0 Å². The molecule has 0 aromatic heterocycles. The molecule has 1 aromatic rings. The monoisotopic (exact) mass is 209 g/mol. The molecule has 5 nitrogen and oxygen atoms in total. The van der Waals surface area contributed by atoms with Gasteiger partial charge in [-0.05, 0) is 18.2 Å². The largest absolute Gasteiger partial charge is 0.399 e. The summed E-state index contributed by atoms with van der Waals surface area (Å²) in [7, 11) is 0. The number of nitrogens with two attached hydrogens (primary N) is 3. The minimum Gasteiger partial charge on any atom is -0.399 e. The third-order valence-electron chi connectivity index (χ3n) is 1.52. The molecule has 5 heteroatoms. The van der Waals surface area contributed by atoms with E-state index in [0.29, 0.717) is 0 Å². The maximum Gasteiger partial charge on any atom is 0.248 e. The molecule has 0 fully saturated rings. The summed E-state index contributed by atoms with van der Waals surface area (Å²) in [6.45, 7) is 4.00. The molecule has 0 unspecified atom stereocenters. The standard InChI is InChI=1S/C8H9N3O2.C2H6/c9-6-2-4(7(10)12)1-5(3-6)8(11)13;1-2/h1-3H,9H2,(H2,10,12)(H2,11,13);1-2H3. The molecular formula is C10H15N3O2. The molecule has 0 saturated heterocycles. The van der Waals surface area contributed by atoms with E-state index in [1.54, 1.807) is 0 Å². The lowest BCUT2D eigenvalue weighted by atomic mass is 10.1. The fourth-order valence-corrected chi connectivity index (χ4v) is 0.936. The summed E-state index contributed by atoms with van der Waals surface area (Å²) < 4.78 is 0. The van der Waals surface area contributed by atoms with E-state index in [4.69, 9.17) is 17.2 Å². The third kappa shape index (κ3) is 3.68. The van der Waals surface area contributed by atoms with Gasteiger partial charge in [0.1, 0.15) is 0 Å². The normalized spacial score (nSPS) is 8.67. The molecule has 0 aliphatic carbocycles. The molecule has 15 heavy (non-hydrogen) atoms. The van der Waals surface area contributed by atoms with Gasteiger partial charge in [-0.25, -0.2) is 0 Å². The quantitative estimate of drug-likeness (QED) is 0.616. The van der Waals surface area contributed by atoms with Crippen LogP contribution in [0.25, 0.3) is 0 Å². The van der Waals surface area contributed by atoms with E-state index < -0.39 is 11.8 Å². The van der Waals surface area contributed by atoms with Crippen LogP contribution in [-0.4, -0.2) is 11.8 Å². The lowest BCUT2D eigenvalue weighted by molar-refractivity contribution is 0.0999. The highest BCUT2D eigenvalue weighted by atomic mass is 16.1. The number of benzene rings is 1. The summed E-state index contributed by atoms with van der Waals surface area (Å²) in [5.41, 5.74) is 16.1. The minimum absolute atomic E-state index is 0.175. The second kappa shape index (κ2) is 5.64. The highest BCUT2D eigenvalue weighted by Crippen LogP contribution is 2.10. The maximum atomic E-state index is 10.7. The minimum atomic E-state index is -0.644. The van der Waals surface area contributed by atoms with Gasteiger partial charge in [0, 0.05) is 16.8 Å². The van der Waals surface area contributed by atoms with E-state index in [1.807, 2.05) is 13.8 Å². The number of hydrogen-bond acceptors (Lipinski definition) is 3. The Bertz CT molecular complexity index is 343. The van der Waals surface area contributed by atoms with Crippen LogP contribution in [0.2, 0.25) is 0 Å². The van der Waals surface area contributed by atoms with Gasteiger partial charge < -0.3 is 17.2 Å². The van der Waals surface area contributed by atoms with E-state index in [-0.39, 0.29) is 16.8 Å². The first-order valence-corrected chi connectivity index (χ1v) is 4.51. The number of carbonyl (C=O) groups excluding carboxylic acids is 2. The zero-order valence-corrected chi connectivity index (χ0v) is 8.78. The van der Waals surface area contributed by atoms with E-state index in [1.165, 1.54) is 18.2 Å². The molecule has 0 saturated carbocycles. The third-order valence-corrected chi connectivity index (χ3v) is 1.52. The molecule has 82 valence electrons. The predicted molar refractivity (Wildman–Crippen MR) is 59.2 cm³/mol. The average molecular weight is 209 g/mol. The molecule has 0 aliphatic rings. The summed E-state index contributed by atoms with van der Waals surface area (Å²) in [4.78, 5) is 21.5. The Hall–Kier alpha value is -2.04. The average Bonchev–Trinajstić information content (AvgIpc) is 2.19. The Labute approximate surface area is 88.2 Å². The van der Waals surface area contributed by atoms with Crippen molar-refractivity contribution < 1.29 is 9.59 Å². The van der Waals surface area contributed by atoms with Crippen molar-refractivity contribution in [1.29, 1.82) is 0 Å². The van der Waals surface area contributed by atoms with Crippen molar-refractivity contribution in [2.75, 3.05) is 5.73 Å². The van der Waals surface area contributed by atoms with Crippen LogP contribution in [0.5, 0.6) is 0 Å². The van der Waals surface area contributed by atoms with Crippen LogP contribution in [0.3, 0.4) is 0 Å². The lowest BCUT2D eigenvalue weighted by Crippen LogP contribution is -2.16. The molecule has 1 aromatic carbocycles. The first-order valence-electron chi connectivity index (χ1n) is 4.51. The molecule has 0 radical (unpaired) electrons. The van der Waals surface area contributed by atoms with Crippen LogP contribution in [-0.2, 0) is 0 Å². The van der Waals surface area contributed by atoms with E-state index in [9.17, 15) is 9.59 Å². The van der Waals surface area contributed by atoms with Gasteiger partial charge in [0.25, 0.3) is 0 Å². The number of primary amides is 2. The van der Waals surface area contributed by atoms with Gasteiger partial charge in [0.2, 0.25) is 11.8 Å². The first kappa shape index (κ1) is 13.0. The number of hydrogen-bond donors (Lipinski definition) is 3. The summed E-state index contributed by atoms with van der Waals surface area (Å²) >= 11 is 0. The van der Waals surface area contributed by atoms with Gasteiger partial charge >= 0.3 is 0 Å². The fraction of sp³-hybridized carbons (Fsp3) is 0.200. The molecule has 0 spiro atoms. The molecule has 2 amide bonds. The zero-order valence-electron chi connectivity index (χ0n) is 8.78. The van der Waals surface area contributed by atoms with E-state index in [0.717, 1.165) is 0 Å². The van der Waals surface area contributed by atoms with Crippen molar-refractivity contribution in [1.82, 2.24) is 0 Å². The lowest BCUT2D eigenvalue weighted by Gasteiger charge is -2.01. The summed E-state index contributed by atoms with van der Waals surface area (Å²) in [5, 5.41) is 0. The fourth-order valence-electron chi connectivity index (χ4n) is 0.936. The number of carbonyl (C=O) groups is 2. The van der Waals surface area contributed by atoms with E-state index in [2.05, 4.69) is 0 Å². The van der Waals surface area contributed by atoms with Crippen LogP contribution in [0, 0.1) is 0 Å². The van der Waals surface area contributed by atoms with Gasteiger partial charge in [-0.3, -0.25) is 9.59 Å². The summed E-state index contributed by atoms with van der Waals surface area (Å²) in [6.07, 6.45) is 0. The highest BCUT2D eigenvalue weighted by molar-refractivity contribution is 5.99. The molecule has 0 atom stereocenters.